The molecule has 0 bridgehead atoms. The normalized spacial score (nSPS) is 12.5. The van der Waals surface area contributed by atoms with Gasteiger partial charge >= 0.3 is 0 Å². The fourth-order valence-electron chi connectivity index (χ4n) is 21.1. The molecule has 5 heteroatoms. The Morgan fingerprint density at radius 1 is 0.205 bits per heavy atom. The third-order valence-corrected chi connectivity index (χ3v) is 27.1. The second-order valence-corrected chi connectivity index (χ2v) is 35.4. The standard InChI is InChI=1S/C122H83BN4/c1-122(2,3)96-74-115-117-116(75-96)127(121-105(84-40-18-8-19-41-84)72-95(79-32-12-5-13-33-79)73-106(121)85-42-20-9-21-43-85)114-77-98(125-112-65-57-93(91-53-51-81-35-23-25-47-89(81)67-91)69-108(112)102-61-55-87-45-27-29-49-100(87)119(102)125)59-63-110(114)123(117)109-62-58-97(76-113(109)126(115)120-103(82-36-14-6-15-37-82)70-94(78-30-10-4-11-31-78)71-104(120)83-38-16-7-17-39-83)124-111-64-56-92(90-52-50-80-34-22-24-46-88(80)66-90)68-107(111)101-60-54-86-44-26-28-48-99(86)118(101)124/h4-77H,1-3H3. The number of anilines is 6. The van der Waals surface area contributed by atoms with Crippen LogP contribution in [0.15, 0.2) is 449 Å². The van der Waals surface area contributed by atoms with E-state index in [4.69, 9.17) is 0 Å². The van der Waals surface area contributed by atoms with E-state index in [1.807, 2.05) is 0 Å². The van der Waals surface area contributed by atoms with Gasteiger partial charge in [-0.1, -0.05) is 373 Å². The van der Waals surface area contributed by atoms with Crippen LogP contribution >= 0.6 is 0 Å². The Balaban J connectivity index is 0.832. The second kappa shape index (κ2) is 29.3. The average Bonchev–Trinajstić information content (AvgIpc) is 1.05. The molecule has 21 aromatic carbocycles. The van der Waals surface area contributed by atoms with Crippen LogP contribution in [0.5, 0.6) is 0 Å². The Labute approximate surface area is 738 Å². The summed E-state index contributed by atoms with van der Waals surface area (Å²) in [5.74, 6) is 0. The molecule has 25 rings (SSSR count). The molecule has 0 saturated heterocycles. The highest BCUT2D eigenvalue weighted by Crippen LogP contribution is 2.57. The SMILES string of the molecule is CC(C)(C)c1cc2c3c(c1)N(c1c(-c4ccccc4)cc(-c4ccccc4)cc1-c1ccccc1)c1cc(-n4c5ccc(-c6ccc7ccccc7c6)cc5c5ccc6ccccc6c54)ccc1B3c1ccc(-n3c4ccc(-c5ccc6ccccc6c5)cc4c4ccc5ccccc5c43)cc1N2c1c(-c2ccccc2)cc(-c2ccccc2)cc1-c1ccccc1. The van der Waals surface area contributed by atoms with E-state index in [9.17, 15) is 0 Å². The van der Waals surface area contributed by atoms with Crippen LogP contribution in [-0.2, 0) is 5.41 Å². The lowest BCUT2D eigenvalue weighted by molar-refractivity contribution is 0.590. The summed E-state index contributed by atoms with van der Waals surface area (Å²) in [6.07, 6.45) is 0. The van der Waals surface area contributed by atoms with Gasteiger partial charge in [-0.15, -0.1) is 0 Å². The molecule has 594 valence electrons. The van der Waals surface area contributed by atoms with Crippen LogP contribution in [0.1, 0.15) is 26.3 Å². The molecule has 0 radical (unpaired) electrons. The summed E-state index contributed by atoms with van der Waals surface area (Å²) in [5.41, 5.74) is 35.9. The minimum atomic E-state index is -0.405. The highest BCUT2D eigenvalue weighted by molar-refractivity contribution is 7.00. The Hall–Kier alpha value is -16.1. The van der Waals surface area contributed by atoms with Crippen LogP contribution in [0.4, 0.5) is 34.1 Å². The smallest absolute Gasteiger partial charge is 0.252 e. The number of nitrogens with zero attached hydrogens (tertiary/aromatic N) is 4. The molecule has 0 N–H and O–H groups in total. The van der Waals surface area contributed by atoms with Crippen LogP contribution in [0, 0.1) is 0 Å². The fraction of sp³-hybridized carbons (Fsp3) is 0.0328. The minimum absolute atomic E-state index is 0.334. The highest BCUT2D eigenvalue weighted by atomic mass is 15.2. The van der Waals surface area contributed by atoms with Crippen molar-refractivity contribution < 1.29 is 0 Å². The molecular formula is C122H83BN4. The Morgan fingerprint density at radius 3 is 0.890 bits per heavy atom. The first-order valence-corrected chi connectivity index (χ1v) is 44.3. The maximum absolute atomic E-state index is 2.74. The lowest BCUT2D eigenvalue weighted by atomic mass is 9.33. The Morgan fingerprint density at radius 2 is 0.520 bits per heavy atom. The minimum Gasteiger partial charge on any atom is -0.310 e. The van der Waals surface area contributed by atoms with Gasteiger partial charge in [0.1, 0.15) is 0 Å². The Bertz CT molecular complexity index is 7810. The molecule has 0 atom stereocenters. The molecule has 0 fully saturated rings. The fourth-order valence-corrected chi connectivity index (χ4v) is 21.1. The van der Waals surface area contributed by atoms with Crippen molar-refractivity contribution in [1.29, 1.82) is 0 Å². The first-order valence-electron chi connectivity index (χ1n) is 44.3. The van der Waals surface area contributed by atoms with E-state index in [1.54, 1.807) is 0 Å². The molecule has 2 aromatic heterocycles. The predicted octanol–water partition coefficient (Wildman–Crippen LogP) is 31.2. The zero-order valence-electron chi connectivity index (χ0n) is 70.6. The molecule has 127 heavy (non-hydrogen) atoms. The number of aromatic nitrogens is 2. The summed E-state index contributed by atoms with van der Waals surface area (Å²) in [7, 11) is 0. The number of hydrogen-bond donors (Lipinski definition) is 0. The molecule has 0 aliphatic carbocycles. The molecule has 2 aliphatic heterocycles. The number of fused-ring (bicyclic) bond motifs is 16. The average molecular weight is 1620 g/mol. The van der Waals surface area contributed by atoms with Crippen molar-refractivity contribution in [1.82, 2.24) is 9.13 Å². The zero-order valence-corrected chi connectivity index (χ0v) is 70.6. The highest BCUT2D eigenvalue weighted by Gasteiger charge is 2.47. The van der Waals surface area contributed by atoms with Crippen molar-refractivity contribution in [3.05, 3.63) is 454 Å². The monoisotopic (exact) mass is 1610 g/mol. The number of rotatable bonds is 12. The van der Waals surface area contributed by atoms with E-state index >= 15 is 0 Å². The topological polar surface area (TPSA) is 16.3 Å². The lowest BCUT2D eigenvalue weighted by Crippen LogP contribution is -2.61. The molecule has 4 nitrogen and oxygen atoms in total. The number of benzene rings is 21. The van der Waals surface area contributed by atoms with Crippen LogP contribution in [-0.4, -0.2) is 15.8 Å². The maximum atomic E-state index is 2.74. The van der Waals surface area contributed by atoms with Gasteiger partial charge in [-0.25, -0.2) is 0 Å². The van der Waals surface area contributed by atoms with Gasteiger partial charge < -0.3 is 18.9 Å². The van der Waals surface area contributed by atoms with E-state index in [-0.39, 0.29) is 6.71 Å². The summed E-state index contributed by atoms with van der Waals surface area (Å²) in [6, 6.07) is 170. The van der Waals surface area contributed by atoms with Gasteiger partial charge in [-0.2, -0.15) is 0 Å². The molecule has 0 saturated carbocycles. The van der Waals surface area contributed by atoms with Crippen molar-refractivity contribution in [2.75, 3.05) is 9.80 Å². The summed E-state index contributed by atoms with van der Waals surface area (Å²) < 4.78 is 5.18. The summed E-state index contributed by atoms with van der Waals surface area (Å²) in [4.78, 5) is 5.49. The summed E-state index contributed by atoms with van der Waals surface area (Å²) in [5, 5.41) is 14.4. The molecule has 0 amide bonds. The van der Waals surface area contributed by atoms with E-state index in [0.717, 1.165) is 123 Å². The predicted molar refractivity (Wildman–Crippen MR) is 541 cm³/mol. The van der Waals surface area contributed by atoms with E-state index in [1.165, 1.54) is 120 Å². The maximum Gasteiger partial charge on any atom is 0.252 e. The first kappa shape index (κ1) is 73.6. The molecule has 4 heterocycles. The van der Waals surface area contributed by atoms with E-state index in [0.29, 0.717) is 0 Å². The van der Waals surface area contributed by atoms with Gasteiger partial charge in [0.2, 0.25) is 0 Å². The van der Waals surface area contributed by atoms with Crippen molar-refractivity contribution >= 4 is 144 Å². The Kier molecular flexibility index (Phi) is 17.0. The second-order valence-electron chi connectivity index (χ2n) is 35.4. The van der Waals surface area contributed by atoms with Gasteiger partial charge in [-0.05, 0) is 224 Å². The molecule has 0 spiro atoms. The van der Waals surface area contributed by atoms with Gasteiger partial charge in [0.15, 0.2) is 0 Å². The summed E-state index contributed by atoms with van der Waals surface area (Å²) >= 11 is 0. The third kappa shape index (κ3) is 12.1. The molecule has 2 aliphatic rings. The van der Waals surface area contributed by atoms with Gasteiger partial charge in [0.25, 0.3) is 6.71 Å². The van der Waals surface area contributed by atoms with Crippen molar-refractivity contribution in [2.45, 2.75) is 26.2 Å². The largest absolute Gasteiger partial charge is 0.310 e. The van der Waals surface area contributed by atoms with Crippen molar-refractivity contribution in [3.8, 4) is 100 Å². The first-order chi connectivity index (χ1) is 62.6. The van der Waals surface area contributed by atoms with Gasteiger partial charge in [0, 0.05) is 88.7 Å². The molecule has 23 aromatic rings. The quantitative estimate of drug-likeness (QED) is 0.113. The van der Waals surface area contributed by atoms with E-state index < -0.39 is 5.41 Å². The van der Waals surface area contributed by atoms with Crippen LogP contribution in [0.2, 0.25) is 0 Å². The number of hydrogen-bond acceptors (Lipinski definition) is 2. The van der Waals surface area contributed by atoms with Gasteiger partial charge in [-0.3, -0.25) is 0 Å². The van der Waals surface area contributed by atoms with Crippen LogP contribution < -0.4 is 26.2 Å². The van der Waals surface area contributed by atoms with Crippen molar-refractivity contribution in [2.24, 2.45) is 0 Å². The van der Waals surface area contributed by atoms with Crippen LogP contribution in [0.25, 0.3) is 187 Å². The summed E-state index contributed by atoms with van der Waals surface area (Å²) in [6.45, 7) is 6.89. The van der Waals surface area contributed by atoms with E-state index in [2.05, 4.69) is 489 Å². The lowest BCUT2D eigenvalue weighted by Gasteiger charge is -2.46. The van der Waals surface area contributed by atoms with Crippen LogP contribution in [0.3, 0.4) is 0 Å². The molecular weight excluding hydrogens is 1530 g/mol. The third-order valence-electron chi connectivity index (χ3n) is 27.1. The van der Waals surface area contributed by atoms with Crippen molar-refractivity contribution in [3.63, 3.8) is 0 Å². The van der Waals surface area contributed by atoms with Gasteiger partial charge in [0.05, 0.1) is 33.4 Å². The zero-order chi connectivity index (χ0) is 84.1. The molecule has 0 unspecified atom stereocenters.